The molecule has 0 saturated carbocycles. The molecule has 0 fully saturated rings. The minimum atomic E-state index is 0.148. The Balaban J connectivity index is 1.93. The van der Waals surface area contributed by atoms with Gasteiger partial charge in [0.15, 0.2) is 0 Å². The molecule has 5 nitrogen and oxygen atoms in total. The van der Waals surface area contributed by atoms with Gasteiger partial charge in [0.1, 0.15) is 17.7 Å². The van der Waals surface area contributed by atoms with Gasteiger partial charge in [-0.2, -0.15) is 5.10 Å². The van der Waals surface area contributed by atoms with Crippen LogP contribution in [0.1, 0.15) is 37.3 Å². The van der Waals surface area contributed by atoms with E-state index in [0.717, 1.165) is 28.8 Å². The Morgan fingerprint density at radius 1 is 1.29 bits per heavy atom. The number of nitrogens with zero attached hydrogens (tertiary/aromatic N) is 3. The minimum Gasteiger partial charge on any atom is -0.464 e. The first-order chi connectivity index (χ1) is 10.2. The number of hydrogen-bond donors (Lipinski definition) is 1. The quantitative estimate of drug-likeness (QED) is 0.782. The number of para-hydroxylation sites is 1. The fourth-order valence-electron chi connectivity index (χ4n) is 2.67. The van der Waals surface area contributed by atoms with Gasteiger partial charge in [0.2, 0.25) is 0 Å². The molecule has 3 aromatic rings. The van der Waals surface area contributed by atoms with Gasteiger partial charge in [-0.3, -0.25) is 0 Å². The van der Waals surface area contributed by atoms with E-state index >= 15 is 0 Å². The Morgan fingerprint density at radius 2 is 2.10 bits per heavy atom. The van der Waals surface area contributed by atoms with E-state index in [0.29, 0.717) is 6.04 Å². The van der Waals surface area contributed by atoms with Crippen molar-refractivity contribution < 1.29 is 4.42 Å². The highest BCUT2D eigenvalue weighted by Crippen LogP contribution is 2.28. The number of hydrogen-bond acceptors (Lipinski definition) is 4. The molecule has 1 aromatic carbocycles. The third-order valence-corrected chi connectivity index (χ3v) is 3.76. The van der Waals surface area contributed by atoms with Gasteiger partial charge in [0.05, 0.1) is 6.26 Å². The van der Waals surface area contributed by atoms with Gasteiger partial charge in [-0.25, -0.2) is 9.67 Å². The summed E-state index contributed by atoms with van der Waals surface area (Å²) in [7, 11) is 1.96. The minimum absolute atomic E-state index is 0.148. The molecule has 0 bridgehead atoms. The van der Waals surface area contributed by atoms with Crippen LogP contribution in [0.4, 0.5) is 0 Å². The Morgan fingerprint density at radius 3 is 2.86 bits per heavy atom. The molecule has 1 unspecified atom stereocenters. The molecule has 2 heterocycles. The predicted octanol–water partition coefficient (Wildman–Crippen LogP) is 3.11. The van der Waals surface area contributed by atoms with Crippen LogP contribution >= 0.6 is 0 Å². The highest BCUT2D eigenvalue weighted by molar-refractivity contribution is 5.81. The number of likely N-dealkylation sites (N-methyl/N-ethyl adjacent to an activating group) is 1. The summed E-state index contributed by atoms with van der Waals surface area (Å²) in [4.78, 5) is 4.40. The number of fused-ring (bicyclic) bond motifs is 1. The van der Waals surface area contributed by atoms with Crippen molar-refractivity contribution in [2.75, 3.05) is 7.05 Å². The van der Waals surface area contributed by atoms with Gasteiger partial charge in [-0.15, -0.1) is 0 Å². The maximum absolute atomic E-state index is 5.65. The van der Waals surface area contributed by atoms with E-state index < -0.39 is 0 Å². The summed E-state index contributed by atoms with van der Waals surface area (Å²) < 4.78 is 7.61. The fourth-order valence-corrected chi connectivity index (χ4v) is 2.67. The Bertz CT molecular complexity index is 729. The monoisotopic (exact) mass is 284 g/mol. The second-order valence-electron chi connectivity index (χ2n) is 5.45. The summed E-state index contributed by atoms with van der Waals surface area (Å²) in [5.74, 6) is 0.981. The second kappa shape index (κ2) is 5.69. The normalized spacial score (nSPS) is 13.1. The van der Waals surface area contributed by atoms with Crippen molar-refractivity contribution in [3.05, 3.63) is 48.2 Å². The molecular weight excluding hydrogens is 264 g/mol. The number of furan rings is 1. The van der Waals surface area contributed by atoms with Crippen LogP contribution in [0, 0.1) is 0 Å². The Kier molecular flexibility index (Phi) is 3.75. The maximum Gasteiger partial charge on any atom is 0.138 e. The zero-order valence-electron chi connectivity index (χ0n) is 12.6. The average molecular weight is 284 g/mol. The first-order valence-corrected chi connectivity index (χ1v) is 7.22. The molecular formula is C16H20N4O. The summed E-state index contributed by atoms with van der Waals surface area (Å²) >= 11 is 0. The van der Waals surface area contributed by atoms with E-state index in [1.54, 1.807) is 6.33 Å². The van der Waals surface area contributed by atoms with E-state index in [-0.39, 0.29) is 6.04 Å². The van der Waals surface area contributed by atoms with E-state index in [4.69, 9.17) is 4.42 Å². The van der Waals surface area contributed by atoms with Crippen LogP contribution in [0.3, 0.4) is 0 Å². The fraction of sp³-hybridized carbons (Fsp3) is 0.375. The molecule has 21 heavy (non-hydrogen) atoms. The van der Waals surface area contributed by atoms with Crippen LogP contribution in [0.5, 0.6) is 0 Å². The molecule has 2 aromatic heterocycles. The van der Waals surface area contributed by atoms with Crippen molar-refractivity contribution in [2.24, 2.45) is 0 Å². The Labute approximate surface area is 124 Å². The van der Waals surface area contributed by atoms with E-state index in [2.05, 4.69) is 35.3 Å². The van der Waals surface area contributed by atoms with Gasteiger partial charge in [0.25, 0.3) is 0 Å². The number of benzene rings is 1. The molecule has 110 valence electrons. The van der Waals surface area contributed by atoms with Crippen LogP contribution < -0.4 is 5.32 Å². The lowest BCUT2D eigenvalue weighted by Crippen LogP contribution is -2.21. The largest absolute Gasteiger partial charge is 0.464 e. The van der Waals surface area contributed by atoms with Gasteiger partial charge >= 0.3 is 0 Å². The van der Waals surface area contributed by atoms with Crippen LogP contribution in [0.2, 0.25) is 0 Å². The van der Waals surface area contributed by atoms with Gasteiger partial charge in [0, 0.05) is 29.5 Å². The summed E-state index contributed by atoms with van der Waals surface area (Å²) in [5.41, 5.74) is 2.07. The van der Waals surface area contributed by atoms with Gasteiger partial charge in [-0.05, 0) is 27.0 Å². The standard InChI is InChI=1S/C16H20N4O/c1-11(2)20-16(18-10-19-20)8-14(17-3)13-9-21-15-7-5-4-6-12(13)15/h4-7,9-11,14,17H,8H2,1-3H3. The lowest BCUT2D eigenvalue weighted by molar-refractivity contribution is 0.476. The molecule has 1 atom stereocenters. The molecule has 3 rings (SSSR count). The number of rotatable bonds is 5. The average Bonchev–Trinajstić information content (AvgIpc) is 3.11. The zero-order valence-corrected chi connectivity index (χ0v) is 12.6. The molecule has 0 aliphatic rings. The van der Waals surface area contributed by atoms with Gasteiger partial charge in [-0.1, -0.05) is 18.2 Å². The third-order valence-electron chi connectivity index (χ3n) is 3.76. The van der Waals surface area contributed by atoms with Crippen molar-refractivity contribution in [1.29, 1.82) is 0 Å². The van der Waals surface area contributed by atoms with Crippen molar-refractivity contribution in [3.63, 3.8) is 0 Å². The summed E-state index contributed by atoms with van der Waals surface area (Å²) in [6, 6.07) is 8.55. The topological polar surface area (TPSA) is 55.9 Å². The number of aromatic nitrogens is 3. The predicted molar refractivity (Wildman–Crippen MR) is 82.1 cm³/mol. The van der Waals surface area contributed by atoms with Crippen molar-refractivity contribution in [2.45, 2.75) is 32.4 Å². The number of nitrogens with one attached hydrogen (secondary N) is 1. The molecule has 0 saturated heterocycles. The van der Waals surface area contributed by atoms with Crippen LogP contribution in [0.15, 0.2) is 41.3 Å². The highest BCUT2D eigenvalue weighted by atomic mass is 16.3. The molecule has 0 radical (unpaired) electrons. The molecule has 1 N–H and O–H groups in total. The molecule has 0 spiro atoms. The van der Waals surface area contributed by atoms with Crippen LogP contribution in [-0.4, -0.2) is 21.8 Å². The molecule has 0 amide bonds. The molecule has 5 heteroatoms. The first-order valence-electron chi connectivity index (χ1n) is 7.22. The second-order valence-corrected chi connectivity index (χ2v) is 5.45. The smallest absolute Gasteiger partial charge is 0.138 e. The first kappa shape index (κ1) is 13.8. The van der Waals surface area contributed by atoms with Crippen LogP contribution in [-0.2, 0) is 6.42 Å². The summed E-state index contributed by atoms with van der Waals surface area (Å²) in [6.07, 6.45) is 4.23. The van der Waals surface area contributed by atoms with E-state index in [1.165, 1.54) is 0 Å². The lowest BCUT2D eigenvalue weighted by atomic mass is 10.0. The van der Waals surface area contributed by atoms with Crippen LogP contribution in [0.25, 0.3) is 11.0 Å². The molecule has 0 aliphatic heterocycles. The summed E-state index contributed by atoms with van der Waals surface area (Å²) in [6.45, 7) is 4.22. The van der Waals surface area contributed by atoms with Crippen molar-refractivity contribution >= 4 is 11.0 Å². The highest BCUT2D eigenvalue weighted by Gasteiger charge is 2.19. The van der Waals surface area contributed by atoms with Crippen molar-refractivity contribution in [3.8, 4) is 0 Å². The summed E-state index contributed by atoms with van der Waals surface area (Å²) in [5, 5.41) is 8.81. The zero-order chi connectivity index (χ0) is 14.8. The SMILES string of the molecule is CNC(Cc1ncnn1C(C)C)c1coc2ccccc12. The Hall–Kier alpha value is -2.14. The van der Waals surface area contributed by atoms with E-state index in [1.807, 2.05) is 36.2 Å². The van der Waals surface area contributed by atoms with Gasteiger partial charge < -0.3 is 9.73 Å². The molecule has 0 aliphatic carbocycles. The lowest BCUT2D eigenvalue weighted by Gasteiger charge is -2.16. The van der Waals surface area contributed by atoms with E-state index in [9.17, 15) is 0 Å². The third kappa shape index (κ3) is 2.56. The van der Waals surface area contributed by atoms with Crippen molar-refractivity contribution in [1.82, 2.24) is 20.1 Å². The maximum atomic E-state index is 5.65.